The van der Waals surface area contributed by atoms with E-state index in [0.29, 0.717) is 16.4 Å². The molecule has 0 fully saturated rings. The highest BCUT2D eigenvalue weighted by Gasteiger charge is 2.15. The van der Waals surface area contributed by atoms with E-state index in [9.17, 15) is 9.59 Å². The van der Waals surface area contributed by atoms with Gasteiger partial charge < -0.3 is 5.32 Å². The Labute approximate surface area is 178 Å². The number of thiazole rings is 1. The maximum atomic E-state index is 12.6. The molecule has 3 aromatic carbocycles. The molecule has 1 heterocycles. The number of carbonyl (C=O) groups excluding carboxylic acids is 2. The summed E-state index contributed by atoms with van der Waals surface area (Å²) in [6.07, 6.45) is 0.160. The van der Waals surface area contributed by atoms with Gasteiger partial charge in [0, 0.05) is 10.9 Å². The first-order valence-electron chi connectivity index (χ1n) is 9.68. The van der Waals surface area contributed by atoms with E-state index in [4.69, 9.17) is 0 Å². The molecule has 0 saturated heterocycles. The number of fused-ring (bicyclic) bond motifs is 1. The predicted octanol–water partition coefficient (Wildman–Crippen LogP) is 4.97. The molecule has 2 N–H and O–H groups in total. The second kappa shape index (κ2) is 8.88. The lowest BCUT2D eigenvalue weighted by molar-refractivity contribution is -0.121. The van der Waals surface area contributed by atoms with Gasteiger partial charge in [-0.05, 0) is 35.4 Å². The average Bonchev–Trinajstić information content (AvgIpc) is 3.20. The minimum Gasteiger partial charge on any atom is -0.349 e. The number of aromatic nitrogens is 1. The molecule has 0 saturated carbocycles. The van der Waals surface area contributed by atoms with E-state index in [1.807, 2.05) is 49.4 Å². The molecule has 1 aromatic heterocycles. The minimum atomic E-state index is -0.217. The Morgan fingerprint density at radius 1 is 0.967 bits per heavy atom. The number of benzene rings is 3. The first-order valence-corrected chi connectivity index (χ1v) is 10.6. The van der Waals surface area contributed by atoms with E-state index in [-0.39, 0.29) is 24.3 Å². The Kier molecular flexibility index (Phi) is 5.86. The van der Waals surface area contributed by atoms with Crippen LogP contribution in [0.3, 0.4) is 0 Å². The van der Waals surface area contributed by atoms with E-state index in [0.717, 1.165) is 16.3 Å². The molecule has 1 unspecified atom stereocenters. The lowest BCUT2D eigenvalue weighted by atomic mass is 9.99. The molecule has 4 aromatic rings. The fourth-order valence-corrected chi connectivity index (χ4v) is 4.07. The van der Waals surface area contributed by atoms with Gasteiger partial charge in [-0.15, -0.1) is 11.3 Å². The number of hydrogen-bond acceptors (Lipinski definition) is 4. The average molecular weight is 416 g/mol. The van der Waals surface area contributed by atoms with E-state index in [2.05, 4.69) is 33.8 Å². The van der Waals surface area contributed by atoms with Crippen LogP contribution >= 0.6 is 11.3 Å². The van der Waals surface area contributed by atoms with Gasteiger partial charge >= 0.3 is 0 Å². The standard InChI is InChI=1S/C24H21N3O2S/c1-16(20-13-7-11-17-8-5-6-12-21(17)20)25-22(28)14-19-15-30-24(26-19)27-23(29)18-9-3-2-4-10-18/h2-13,15-16H,14H2,1H3,(H,25,28)(H,26,27,29). The minimum absolute atomic E-state index is 0.110. The maximum absolute atomic E-state index is 12.6. The first kappa shape index (κ1) is 19.8. The van der Waals surface area contributed by atoms with Crippen molar-refractivity contribution in [2.45, 2.75) is 19.4 Å². The highest BCUT2D eigenvalue weighted by atomic mass is 32.1. The van der Waals surface area contributed by atoms with Crippen LogP contribution < -0.4 is 10.6 Å². The zero-order valence-corrected chi connectivity index (χ0v) is 17.3. The summed E-state index contributed by atoms with van der Waals surface area (Å²) < 4.78 is 0. The second-order valence-electron chi connectivity index (χ2n) is 7.00. The molecule has 30 heavy (non-hydrogen) atoms. The third-order valence-electron chi connectivity index (χ3n) is 4.82. The summed E-state index contributed by atoms with van der Waals surface area (Å²) in [6, 6.07) is 23.1. The van der Waals surface area contributed by atoms with Gasteiger partial charge in [0.05, 0.1) is 18.2 Å². The van der Waals surface area contributed by atoms with Crippen LogP contribution in [0, 0.1) is 0 Å². The molecule has 0 aliphatic carbocycles. The quantitative estimate of drug-likeness (QED) is 0.467. The van der Waals surface area contributed by atoms with Gasteiger partial charge in [0.1, 0.15) is 0 Å². The fourth-order valence-electron chi connectivity index (χ4n) is 3.37. The third kappa shape index (κ3) is 4.55. The molecule has 5 nitrogen and oxygen atoms in total. The van der Waals surface area contributed by atoms with E-state index in [1.165, 1.54) is 11.3 Å². The molecular weight excluding hydrogens is 394 g/mol. The fraction of sp³-hybridized carbons (Fsp3) is 0.125. The number of nitrogens with one attached hydrogen (secondary N) is 2. The summed E-state index contributed by atoms with van der Waals surface area (Å²) in [5.41, 5.74) is 2.28. The van der Waals surface area contributed by atoms with Crippen LogP contribution in [0.15, 0.2) is 78.2 Å². The van der Waals surface area contributed by atoms with Crippen LogP contribution in [-0.2, 0) is 11.2 Å². The number of hydrogen-bond donors (Lipinski definition) is 2. The van der Waals surface area contributed by atoms with Crippen LogP contribution in [0.1, 0.15) is 34.6 Å². The highest BCUT2D eigenvalue weighted by molar-refractivity contribution is 7.14. The van der Waals surface area contributed by atoms with Crippen molar-refractivity contribution in [1.29, 1.82) is 0 Å². The number of amides is 2. The van der Waals surface area contributed by atoms with Crippen molar-refractivity contribution in [3.8, 4) is 0 Å². The molecule has 4 rings (SSSR count). The monoisotopic (exact) mass is 415 g/mol. The molecule has 1 atom stereocenters. The summed E-state index contributed by atoms with van der Waals surface area (Å²) in [5, 5.41) is 10.4. The van der Waals surface area contributed by atoms with Gasteiger partial charge in [0.2, 0.25) is 5.91 Å². The van der Waals surface area contributed by atoms with E-state index in [1.54, 1.807) is 17.5 Å². The largest absolute Gasteiger partial charge is 0.349 e. The van der Waals surface area contributed by atoms with Gasteiger partial charge in [0.25, 0.3) is 5.91 Å². The molecule has 2 amide bonds. The molecule has 0 radical (unpaired) electrons. The lowest BCUT2D eigenvalue weighted by Crippen LogP contribution is -2.28. The van der Waals surface area contributed by atoms with Crippen molar-refractivity contribution in [3.63, 3.8) is 0 Å². The van der Waals surface area contributed by atoms with E-state index >= 15 is 0 Å². The number of rotatable bonds is 6. The first-order chi connectivity index (χ1) is 14.6. The number of carbonyl (C=O) groups is 2. The van der Waals surface area contributed by atoms with Crippen LogP contribution in [0.25, 0.3) is 10.8 Å². The lowest BCUT2D eigenvalue weighted by Gasteiger charge is -2.16. The molecular formula is C24H21N3O2S. The van der Waals surface area contributed by atoms with Crippen molar-refractivity contribution in [1.82, 2.24) is 10.3 Å². The summed E-state index contributed by atoms with van der Waals surface area (Å²) in [4.78, 5) is 29.2. The van der Waals surface area contributed by atoms with Crippen LogP contribution in [0.2, 0.25) is 0 Å². The van der Waals surface area contributed by atoms with Crippen LogP contribution in [0.4, 0.5) is 5.13 Å². The summed E-state index contributed by atoms with van der Waals surface area (Å²) in [6.45, 7) is 1.98. The van der Waals surface area contributed by atoms with Gasteiger partial charge in [-0.1, -0.05) is 60.7 Å². The Bertz CT molecular complexity index is 1180. The van der Waals surface area contributed by atoms with Crippen molar-refractivity contribution in [3.05, 3.63) is 95.0 Å². The summed E-state index contributed by atoms with van der Waals surface area (Å²) >= 11 is 1.31. The Hall–Kier alpha value is -3.51. The Morgan fingerprint density at radius 2 is 1.70 bits per heavy atom. The number of nitrogens with zero attached hydrogens (tertiary/aromatic N) is 1. The van der Waals surface area contributed by atoms with E-state index < -0.39 is 0 Å². The maximum Gasteiger partial charge on any atom is 0.257 e. The Morgan fingerprint density at radius 3 is 2.53 bits per heavy atom. The molecule has 0 aliphatic heterocycles. The van der Waals surface area contributed by atoms with Crippen molar-refractivity contribution in [2.24, 2.45) is 0 Å². The molecule has 0 aliphatic rings. The Balaban J connectivity index is 1.38. The molecule has 0 spiro atoms. The topological polar surface area (TPSA) is 71.1 Å². The highest BCUT2D eigenvalue weighted by Crippen LogP contribution is 2.24. The molecule has 0 bridgehead atoms. The predicted molar refractivity (Wildman–Crippen MR) is 121 cm³/mol. The van der Waals surface area contributed by atoms with Crippen LogP contribution in [0.5, 0.6) is 0 Å². The smallest absolute Gasteiger partial charge is 0.257 e. The van der Waals surface area contributed by atoms with Crippen molar-refractivity contribution >= 4 is 39.1 Å². The zero-order chi connectivity index (χ0) is 20.9. The number of anilines is 1. The van der Waals surface area contributed by atoms with Gasteiger partial charge in [-0.25, -0.2) is 4.98 Å². The normalized spacial score (nSPS) is 11.8. The molecule has 150 valence electrons. The van der Waals surface area contributed by atoms with Gasteiger partial charge in [0.15, 0.2) is 5.13 Å². The SMILES string of the molecule is CC(NC(=O)Cc1csc(NC(=O)c2ccccc2)n1)c1cccc2ccccc12. The molecule has 6 heteroatoms. The summed E-state index contributed by atoms with van der Waals surface area (Å²) in [5.74, 6) is -0.327. The summed E-state index contributed by atoms with van der Waals surface area (Å²) in [7, 11) is 0. The zero-order valence-electron chi connectivity index (χ0n) is 16.5. The van der Waals surface area contributed by atoms with Gasteiger partial charge in [-0.2, -0.15) is 0 Å². The van der Waals surface area contributed by atoms with Crippen LogP contribution in [-0.4, -0.2) is 16.8 Å². The van der Waals surface area contributed by atoms with Gasteiger partial charge in [-0.3, -0.25) is 14.9 Å². The van der Waals surface area contributed by atoms with Crippen molar-refractivity contribution in [2.75, 3.05) is 5.32 Å². The second-order valence-corrected chi connectivity index (χ2v) is 7.86. The van der Waals surface area contributed by atoms with Crippen molar-refractivity contribution < 1.29 is 9.59 Å². The third-order valence-corrected chi connectivity index (χ3v) is 5.62.